The van der Waals surface area contributed by atoms with Gasteiger partial charge in [0.05, 0.1) is 22.5 Å². The zero-order chi connectivity index (χ0) is 42.7. The molecule has 8 aromatic rings. The number of hydrogen-bond acceptors (Lipinski definition) is 4. The first kappa shape index (κ1) is 42.8. The van der Waals surface area contributed by atoms with Crippen LogP contribution in [-0.2, 0) is 42.7 Å². The second kappa shape index (κ2) is 16.1. The van der Waals surface area contributed by atoms with Crippen molar-refractivity contribution in [1.82, 2.24) is 9.97 Å². The molecule has 0 N–H and O–H groups in total. The fourth-order valence-electron chi connectivity index (χ4n) is 8.68. The van der Waals surface area contributed by atoms with Crippen LogP contribution in [-0.4, -0.2) is 9.97 Å². The van der Waals surface area contributed by atoms with Crippen molar-refractivity contribution in [3.05, 3.63) is 209 Å². The van der Waals surface area contributed by atoms with E-state index in [4.69, 9.17) is 14.7 Å². The molecule has 0 radical (unpaired) electrons. The van der Waals surface area contributed by atoms with Crippen LogP contribution < -0.4 is 9.64 Å². The monoisotopic (exact) mass is 990 g/mol. The summed E-state index contributed by atoms with van der Waals surface area (Å²) in [7, 11) is 0. The fourth-order valence-corrected chi connectivity index (χ4v) is 8.68. The standard InChI is InChI=1S/C57H53N3O.Pt/c1-54(2,3)41-23-27-45(28-24-41)60-51-29-25-42(55(4,5)6)35-48(51)57(53-22-12-13-31-58-53,49-36-43(56(7,8)9)26-30-52(49)60)44-19-15-21-47(34-44)61-46-20-14-18-39(32-46)50-33-38-16-10-11-17-40(38)37-59-50;/h10-31,33,35-37H,1-9H3;/q-2;+2. The van der Waals surface area contributed by atoms with E-state index >= 15 is 0 Å². The van der Waals surface area contributed by atoms with E-state index in [0.717, 1.165) is 61.5 Å². The van der Waals surface area contributed by atoms with Gasteiger partial charge in [-0.05, 0) is 96.9 Å². The zero-order valence-electron chi connectivity index (χ0n) is 37.1. The summed E-state index contributed by atoms with van der Waals surface area (Å²) in [5, 5.41) is 2.23. The van der Waals surface area contributed by atoms with Gasteiger partial charge in [0.2, 0.25) is 0 Å². The molecule has 0 fully saturated rings. The molecule has 0 saturated carbocycles. The minimum atomic E-state index is -0.879. The SMILES string of the molecule is CC(C)(C)c1ccc(N2c3ccc(C(C)(C)C)cc3C(c3[c-]c(Oc4[c-]c(-c5cc6ccccc6cn5)ccc4)ccc3)(c3ccccn3)c3cc(C(C)(C)C)ccc32)cc1.[Pt+2]. The molecule has 0 aliphatic carbocycles. The number of hydrogen-bond donors (Lipinski definition) is 0. The van der Waals surface area contributed by atoms with Crippen molar-refractivity contribution in [2.24, 2.45) is 0 Å². The molecule has 0 amide bonds. The molecule has 5 heteroatoms. The van der Waals surface area contributed by atoms with E-state index in [1.807, 2.05) is 48.8 Å². The van der Waals surface area contributed by atoms with Gasteiger partial charge in [-0.15, -0.1) is 41.5 Å². The summed E-state index contributed by atoms with van der Waals surface area (Å²) in [6.45, 7) is 20.5. The number of ether oxygens (including phenoxy) is 1. The van der Waals surface area contributed by atoms with Crippen LogP contribution >= 0.6 is 0 Å². The van der Waals surface area contributed by atoms with Crippen molar-refractivity contribution in [2.45, 2.75) is 84.0 Å². The molecule has 1 aliphatic heterocycles. The summed E-state index contributed by atoms with van der Waals surface area (Å²) < 4.78 is 6.73. The molecule has 312 valence electrons. The molecular formula is C57H53N3OPt. The van der Waals surface area contributed by atoms with E-state index in [2.05, 4.69) is 189 Å². The number of fused-ring (bicyclic) bond motifs is 3. The molecule has 0 atom stereocenters. The number of aromatic nitrogens is 2. The van der Waals surface area contributed by atoms with Gasteiger partial charge in [0.1, 0.15) is 0 Å². The van der Waals surface area contributed by atoms with Gasteiger partial charge < -0.3 is 14.6 Å². The summed E-state index contributed by atoms with van der Waals surface area (Å²) in [5.74, 6) is 1.18. The van der Waals surface area contributed by atoms with E-state index in [1.54, 1.807) is 0 Å². The number of rotatable bonds is 6. The Hall–Kier alpha value is -5.83. The summed E-state index contributed by atoms with van der Waals surface area (Å²) in [5.41, 5.74) is 11.8. The first-order valence-corrected chi connectivity index (χ1v) is 21.3. The van der Waals surface area contributed by atoms with Crippen molar-refractivity contribution in [3.63, 3.8) is 0 Å². The Morgan fingerprint density at radius 3 is 1.68 bits per heavy atom. The molecule has 0 unspecified atom stereocenters. The maximum Gasteiger partial charge on any atom is 2.00 e. The van der Waals surface area contributed by atoms with Crippen LogP contribution in [0.2, 0.25) is 0 Å². The molecule has 3 heterocycles. The van der Waals surface area contributed by atoms with Crippen LogP contribution in [0.15, 0.2) is 158 Å². The van der Waals surface area contributed by atoms with Crippen molar-refractivity contribution < 1.29 is 25.8 Å². The predicted octanol–water partition coefficient (Wildman–Crippen LogP) is 14.7. The Kier molecular flexibility index (Phi) is 11.1. The van der Waals surface area contributed by atoms with Gasteiger partial charge in [-0.25, -0.2) is 0 Å². The fraction of sp³-hybridized carbons (Fsp3) is 0.228. The first-order chi connectivity index (χ1) is 29.1. The molecule has 0 bridgehead atoms. The Morgan fingerprint density at radius 2 is 1.08 bits per heavy atom. The third kappa shape index (κ3) is 7.79. The topological polar surface area (TPSA) is 38.2 Å². The molecule has 2 aromatic heterocycles. The van der Waals surface area contributed by atoms with Gasteiger partial charge in [0, 0.05) is 29.6 Å². The van der Waals surface area contributed by atoms with Gasteiger partial charge in [-0.1, -0.05) is 141 Å². The summed E-state index contributed by atoms with van der Waals surface area (Å²) >= 11 is 0. The van der Waals surface area contributed by atoms with E-state index in [-0.39, 0.29) is 37.3 Å². The van der Waals surface area contributed by atoms with Crippen molar-refractivity contribution in [2.75, 3.05) is 4.90 Å². The van der Waals surface area contributed by atoms with Crippen molar-refractivity contribution >= 4 is 27.8 Å². The number of anilines is 3. The van der Waals surface area contributed by atoms with E-state index in [1.165, 1.54) is 16.7 Å². The third-order valence-electron chi connectivity index (χ3n) is 12.1. The Balaban J connectivity index is 0.00000529. The maximum atomic E-state index is 6.73. The van der Waals surface area contributed by atoms with Crippen LogP contribution in [0.25, 0.3) is 22.0 Å². The molecule has 1 aliphatic rings. The second-order valence-electron chi connectivity index (χ2n) is 19.4. The van der Waals surface area contributed by atoms with Gasteiger partial charge in [0.25, 0.3) is 0 Å². The van der Waals surface area contributed by atoms with Gasteiger partial charge in [0.15, 0.2) is 0 Å². The molecule has 6 aromatic carbocycles. The summed E-state index contributed by atoms with van der Waals surface area (Å²) in [6.07, 6.45) is 3.83. The zero-order valence-corrected chi connectivity index (χ0v) is 39.3. The van der Waals surface area contributed by atoms with Crippen LogP contribution in [0.1, 0.15) is 101 Å². The normalized spacial score (nSPS) is 13.5. The first-order valence-electron chi connectivity index (χ1n) is 21.3. The quantitative estimate of drug-likeness (QED) is 0.156. The minimum absolute atomic E-state index is 0. The van der Waals surface area contributed by atoms with Crippen LogP contribution in [0.5, 0.6) is 11.5 Å². The second-order valence-corrected chi connectivity index (χ2v) is 19.4. The average Bonchev–Trinajstić information content (AvgIpc) is 3.24. The molecule has 0 saturated heterocycles. The smallest absolute Gasteiger partial charge is 0.503 e. The van der Waals surface area contributed by atoms with E-state index in [0.29, 0.717) is 11.5 Å². The van der Waals surface area contributed by atoms with Crippen molar-refractivity contribution in [3.8, 4) is 22.8 Å². The van der Waals surface area contributed by atoms with E-state index in [9.17, 15) is 0 Å². The van der Waals surface area contributed by atoms with Gasteiger partial charge >= 0.3 is 21.1 Å². The molecular weight excluding hydrogens is 938 g/mol. The van der Waals surface area contributed by atoms with Crippen LogP contribution in [0.3, 0.4) is 0 Å². The summed E-state index contributed by atoms with van der Waals surface area (Å²) in [4.78, 5) is 12.5. The van der Waals surface area contributed by atoms with Gasteiger partial charge in [-0.2, -0.15) is 12.1 Å². The summed E-state index contributed by atoms with van der Waals surface area (Å²) in [6, 6.07) is 59.4. The van der Waals surface area contributed by atoms with Crippen LogP contribution in [0.4, 0.5) is 17.1 Å². The third-order valence-corrected chi connectivity index (χ3v) is 12.1. The predicted molar refractivity (Wildman–Crippen MR) is 252 cm³/mol. The Labute approximate surface area is 382 Å². The molecule has 9 rings (SSSR count). The molecule has 0 spiro atoms. The molecule has 4 nitrogen and oxygen atoms in total. The minimum Gasteiger partial charge on any atom is -0.503 e. The number of benzene rings is 6. The van der Waals surface area contributed by atoms with Crippen LogP contribution in [0, 0.1) is 12.1 Å². The Morgan fingerprint density at radius 1 is 0.516 bits per heavy atom. The van der Waals surface area contributed by atoms with Gasteiger partial charge in [-0.3, -0.25) is 4.98 Å². The van der Waals surface area contributed by atoms with Crippen molar-refractivity contribution in [1.29, 1.82) is 0 Å². The molecule has 62 heavy (non-hydrogen) atoms. The number of nitrogens with zero attached hydrogens (tertiary/aromatic N) is 3. The largest absolute Gasteiger partial charge is 2.00 e. The average molecular weight is 991 g/mol. The number of pyridine rings is 2. The Bertz CT molecular complexity index is 2830. The maximum absolute atomic E-state index is 6.73. The van der Waals surface area contributed by atoms with E-state index < -0.39 is 5.41 Å².